The van der Waals surface area contributed by atoms with Crippen LogP contribution in [0.3, 0.4) is 0 Å². The van der Waals surface area contributed by atoms with E-state index in [1.54, 1.807) is 6.07 Å². The molecule has 6 nitrogen and oxygen atoms in total. The fraction of sp³-hybridized carbons (Fsp3) is 0.333. The van der Waals surface area contributed by atoms with E-state index < -0.39 is 29.0 Å². The van der Waals surface area contributed by atoms with Gasteiger partial charge in [0.15, 0.2) is 0 Å². The molecule has 8 heteroatoms. The molecule has 0 aliphatic carbocycles. The van der Waals surface area contributed by atoms with Gasteiger partial charge in [0.2, 0.25) is 5.88 Å². The van der Waals surface area contributed by atoms with Crippen molar-refractivity contribution in [3.05, 3.63) is 27.4 Å². The monoisotopic (exact) mass is 243 g/mol. The second kappa shape index (κ2) is 5.16. The standard InChI is InChI=1S/C9H7F2N3O3/c1-17-9-5(2-3-12)7(8(10)11)6(4-13-9)14(15)16/h4,8H,2H2,1H3. The van der Waals surface area contributed by atoms with E-state index in [1.165, 1.54) is 7.11 Å². The maximum atomic E-state index is 12.8. The molecular formula is C9H7F2N3O3. The lowest BCUT2D eigenvalue weighted by atomic mass is 10.1. The molecule has 0 bridgehead atoms. The van der Waals surface area contributed by atoms with E-state index in [9.17, 15) is 18.9 Å². The van der Waals surface area contributed by atoms with Gasteiger partial charge in [-0.15, -0.1) is 0 Å². The third kappa shape index (κ3) is 2.44. The summed E-state index contributed by atoms with van der Waals surface area (Å²) in [5, 5.41) is 19.1. The molecule has 0 saturated carbocycles. The van der Waals surface area contributed by atoms with Crippen LogP contribution in [0.15, 0.2) is 6.20 Å². The molecule has 0 radical (unpaired) electrons. The van der Waals surface area contributed by atoms with E-state index >= 15 is 0 Å². The number of aromatic nitrogens is 1. The summed E-state index contributed by atoms with van der Waals surface area (Å²) in [6, 6.07) is 1.64. The van der Waals surface area contributed by atoms with Crippen molar-refractivity contribution in [2.45, 2.75) is 12.8 Å². The minimum Gasteiger partial charge on any atom is -0.481 e. The summed E-state index contributed by atoms with van der Waals surface area (Å²) in [6.45, 7) is 0. The molecule has 0 fully saturated rings. The van der Waals surface area contributed by atoms with Crippen molar-refractivity contribution in [1.29, 1.82) is 5.26 Å². The van der Waals surface area contributed by atoms with Gasteiger partial charge in [-0.05, 0) is 0 Å². The van der Waals surface area contributed by atoms with Crippen LogP contribution < -0.4 is 4.74 Å². The zero-order chi connectivity index (χ0) is 13.0. The smallest absolute Gasteiger partial charge is 0.297 e. The summed E-state index contributed by atoms with van der Waals surface area (Å²) < 4.78 is 30.3. The molecule has 0 amide bonds. The molecule has 0 aliphatic heterocycles. The second-order valence-electron chi connectivity index (χ2n) is 2.94. The number of alkyl halides is 2. The molecule has 0 aromatic carbocycles. The van der Waals surface area contributed by atoms with Crippen molar-refractivity contribution in [3.63, 3.8) is 0 Å². The highest BCUT2D eigenvalue weighted by Crippen LogP contribution is 2.35. The first-order valence-electron chi connectivity index (χ1n) is 4.38. The van der Waals surface area contributed by atoms with Crippen LogP contribution in [0, 0.1) is 21.4 Å². The molecule has 1 aromatic rings. The zero-order valence-corrected chi connectivity index (χ0v) is 8.68. The van der Waals surface area contributed by atoms with E-state index in [4.69, 9.17) is 10.00 Å². The van der Waals surface area contributed by atoms with Gasteiger partial charge >= 0.3 is 0 Å². The Bertz CT molecular complexity index is 485. The predicted octanol–water partition coefficient (Wildman–Crippen LogP) is 2.00. The van der Waals surface area contributed by atoms with Crippen LogP contribution in [-0.4, -0.2) is 17.0 Å². The number of methoxy groups -OCH3 is 1. The lowest BCUT2D eigenvalue weighted by Crippen LogP contribution is -2.05. The molecule has 0 atom stereocenters. The number of nitro groups is 1. The first kappa shape index (κ1) is 12.8. The topological polar surface area (TPSA) is 89.1 Å². The number of halogens is 2. The molecule has 0 spiro atoms. The lowest BCUT2D eigenvalue weighted by molar-refractivity contribution is -0.386. The number of nitrogens with zero attached hydrogens (tertiary/aromatic N) is 3. The normalized spacial score (nSPS) is 10.1. The summed E-state index contributed by atoms with van der Waals surface area (Å²) in [5.41, 5.74) is -1.88. The van der Waals surface area contributed by atoms with Crippen LogP contribution in [-0.2, 0) is 6.42 Å². The third-order valence-corrected chi connectivity index (χ3v) is 2.03. The molecule has 0 saturated heterocycles. The number of ether oxygens (including phenoxy) is 1. The van der Waals surface area contributed by atoms with Crippen LogP contribution >= 0.6 is 0 Å². The molecule has 1 aromatic heterocycles. The fourth-order valence-corrected chi connectivity index (χ4v) is 1.35. The fourth-order valence-electron chi connectivity index (χ4n) is 1.35. The van der Waals surface area contributed by atoms with E-state index in [2.05, 4.69) is 4.98 Å². The third-order valence-electron chi connectivity index (χ3n) is 2.03. The summed E-state index contributed by atoms with van der Waals surface area (Å²) in [4.78, 5) is 13.2. The Labute approximate surface area is 94.6 Å². The zero-order valence-electron chi connectivity index (χ0n) is 8.68. The minimum absolute atomic E-state index is 0.201. The summed E-state index contributed by atoms with van der Waals surface area (Å²) in [6.07, 6.45) is -2.81. The van der Waals surface area contributed by atoms with Gasteiger partial charge in [-0.25, -0.2) is 13.8 Å². The number of rotatable bonds is 4. The largest absolute Gasteiger partial charge is 0.481 e. The molecule has 17 heavy (non-hydrogen) atoms. The minimum atomic E-state index is -3.07. The first-order valence-corrected chi connectivity index (χ1v) is 4.38. The molecule has 0 aliphatic rings. The van der Waals surface area contributed by atoms with E-state index in [1.807, 2.05) is 0 Å². The molecule has 0 N–H and O–H groups in total. The van der Waals surface area contributed by atoms with Crippen molar-refractivity contribution in [2.24, 2.45) is 0 Å². The average Bonchev–Trinajstić information content (AvgIpc) is 2.28. The maximum absolute atomic E-state index is 12.8. The van der Waals surface area contributed by atoms with E-state index in [0.29, 0.717) is 6.20 Å². The summed E-state index contributed by atoms with van der Waals surface area (Å²) in [5.74, 6) is -0.201. The molecule has 1 heterocycles. The van der Waals surface area contributed by atoms with Crippen molar-refractivity contribution in [2.75, 3.05) is 7.11 Å². The maximum Gasteiger partial charge on any atom is 0.297 e. The van der Waals surface area contributed by atoms with E-state index in [0.717, 1.165) is 0 Å². The van der Waals surface area contributed by atoms with Gasteiger partial charge in [0.1, 0.15) is 11.8 Å². The SMILES string of the molecule is COc1ncc([N+](=O)[O-])c(C(F)F)c1CC#N. The van der Waals surface area contributed by atoms with Gasteiger partial charge in [0.05, 0.1) is 24.5 Å². The molecule has 1 rings (SSSR count). The van der Waals surface area contributed by atoms with Gasteiger partial charge in [0.25, 0.3) is 12.1 Å². The van der Waals surface area contributed by atoms with Crippen molar-refractivity contribution >= 4 is 5.69 Å². The number of hydrogen-bond acceptors (Lipinski definition) is 5. The predicted molar refractivity (Wildman–Crippen MR) is 51.7 cm³/mol. The highest BCUT2D eigenvalue weighted by atomic mass is 19.3. The van der Waals surface area contributed by atoms with Crippen molar-refractivity contribution in [1.82, 2.24) is 4.98 Å². The van der Waals surface area contributed by atoms with Crippen molar-refractivity contribution < 1.29 is 18.4 Å². The Hall–Kier alpha value is -2.30. The van der Waals surface area contributed by atoms with Gasteiger partial charge in [0, 0.05) is 5.56 Å². The Morgan fingerprint density at radius 2 is 2.35 bits per heavy atom. The van der Waals surface area contributed by atoms with Crippen LogP contribution in [0.4, 0.5) is 14.5 Å². The summed E-state index contributed by atoms with van der Waals surface area (Å²) in [7, 11) is 1.18. The van der Waals surface area contributed by atoms with Crippen LogP contribution in [0.5, 0.6) is 5.88 Å². The van der Waals surface area contributed by atoms with Gasteiger partial charge in [-0.1, -0.05) is 0 Å². The second-order valence-corrected chi connectivity index (χ2v) is 2.94. The Kier molecular flexibility index (Phi) is 3.87. The van der Waals surface area contributed by atoms with Crippen LogP contribution in [0.2, 0.25) is 0 Å². The first-order chi connectivity index (χ1) is 8.02. The van der Waals surface area contributed by atoms with Crippen molar-refractivity contribution in [3.8, 4) is 11.9 Å². The Morgan fingerprint density at radius 1 is 1.71 bits per heavy atom. The number of pyridine rings is 1. The molecule has 0 unspecified atom stereocenters. The average molecular weight is 243 g/mol. The number of hydrogen-bond donors (Lipinski definition) is 0. The summed E-state index contributed by atoms with van der Waals surface area (Å²) >= 11 is 0. The highest BCUT2D eigenvalue weighted by molar-refractivity contribution is 5.49. The van der Waals surface area contributed by atoms with Gasteiger partial charge in [-0.3, -0.25) is 10.1 Å². The Balaban J connectivity index is 3.54. The van der Waals surface area contributed by atoms with Crippen LogP contribution in [0.25, 0.3) is 0 Å². The quantitative estimate of drug-likeness (QED) is 0.596. The van der Waals surface area contributed by atoms with E-state index in [-0.39, 0.29) is 11.4 Å². The van der Waals surface area contributed by atoms with Crippen LogP contribution in [0.1, 0.15) is 17.6 Å². The Morgan fingerprint density at radius 3 is 2.76 bits per heavy atom. The molecule has 90 valence electrons. The lowest BCUT2D eigenvalue weighted by Gasteiger charge is -2.10. The molecular weight excluding hydrogens is 236 g/mol. The van der Waals surface area contributed by atoms with Gasteiger partial charge in [-0.2, -0.15) is 5.26 Å². The van der Waals surface area contributed by atoms with Gasteiger partial charge < -0.3 is 4.74 Å². The number of nitriles is 1. The highest BCUT2D eigenvalue weighted by Gasteiger charge is 2.28.